The summed E-state index contributed by atoms with van der Waals surface area (Å²) in [5.41, 5.74) is 0.688. The van der Waals surface area contributed by atoms with Crippen molar-refractivity contribution in [2.75, 3.05) is 18.0 Å². The maximum absolute atomic E-state index is 12.7. The number of carbonyl (C=O) groups excluding carboxylic acids is 2. The normalized spacial score (nSPS) is 31.0. The van der Waals surface area contributed by atoms with E-state index in [0.717, 1.165) is 13.1 Å². The van der Waals surface area contributed by atoms with E-state index in [0.29, 0.717) is 23.9 Å². The lowest BCUT2D eigenvalue weighted by Crippen LogP contribution is -2.48. The average Bonchev–Trinajstić information content (AvgIpc) is 2.74. The Labute approximate surface area is 125 Å². The van der Waals surface area contributed by atoms with E-state index >= 15 is 0 Å². The van der Waals surface area contributed by atoms with Gasteiger partial charge in [-0.05, 0) is 30.4 Å². The van der Waals surface area contributed by atoms with Crippen LogP contribution in [0.15, 0.2) is 30.3 Å². The van der Waals surface area contributed by atoms with Crippen LogP contribution < -0.4 is 4.90 Å². The summed E-state index contributed by atoms with van der Waals surface area (Å²) in [6.07, 6.45) is 1.51. The minimum atomic E-state index is -0.275. The molecule has 0 saturated carbocycles. The van der Waals surface area contributed by atoms with Crippen LogP contribution in [0.2, 0.25) is 0 Å². The summed E-state index contributed by atoms with van der Waals surface area (Å²) >= 11 is 0. The van der Waals surface area contributed by atoms with Crippen LogP contribution in [0.4, 0.5) is 5.69 Å². The lowest BCUT2D eigenvalue weighted by atomic mass is 9.90. The Hall–Kier alpha value is -1.68. The van der Waals surface area contributed by atoms with E-state index in [2.05, 4.69) is 18.7 Å². The highest BCUT2D eigenvalue weighted by Gasteiger charge is 2.43. The van der Waals surface area contributed by atoms with E-state index in [1.807, 2.05) is 30.3 Å². The number of carbonyl (C=O) groups is 2. The highest BCUT2D eigenvalue weighted by molar-refractivity contribution is 6.22. The van der Waals surface area contributed by atoms with Crippen LogP contribution in [-0.2, 0) is 9.59 Å². The van der Waals surface area contributed by atoms with Gasteiger partial charge in [-0.2, -0.15) is 0 Å². The van der Waals surface area contributed by atoms with Gasteiger partial charge >= 0.3 is 0 Å². The fourth-order valence-electron chi connectivity index (χ4n) is 3.72. The number of benzene rings is 1. The topological polar surface area (TPSA) is 40.6 Å². The Morgan fingerprint density at radius 1 is 1.00 bits per heavy atom. The van der Waals surface area contributed by atoms with Crippen molar-refractivity contribution in [3.63, 3.8) is 0 Å². The van der Waals surface area contributed by atoms with E-state index in [9.17, 15) is 9.59 Å². The van der Waals surface area contributed by atoms with Crippen LogP contribution in [-0.4, -0.2) is 35.8 Å². The second-order valence-electron chi connectivity index (χ2n) is 6.52. The molecule has 2 fully saturated rings. The van der Waals surface area contributed by atoms with Gasteiger partial charge in [-0.3, -0.25) is 14.5 Å². The SMILES string of the molecule is C[C@@H]1C[C@@H](C)CN([C@@H]2CC(=O)N(c3ccccc3)C2=O)C1. The van der Waals surface area contributed by atoms with Gasteiger partial charge in [0, 0.05) is 13.1 Å². The van der Waals surface area contributed by atoms with Gasteiger partial charge in [0.15, 0.2) is 0 Å². The molecule has 0 unspecified atom stereocenters. The van der Waals surface area contributed by atoms with Crippen molar-refractivity contribution in [2.45, 2.75) is 32.7 Å². The monoisotopic (exact) mass is 286 g/mol. The van der Waals surface area contributed by atoms with Crippen LogP contribution in [0.1, 0.15) is 26.7 Å². The van der Waals surface area contributed by atoms with Gasteiger partial charge in [0.25, 0.3) is 5.91 Å². The van der Waals surface area contributed by atoms with Gasteiger partial charge in [-0.15, -0.1) is 0 Å². The first-order chi connectivity index (χ1) is 10.1. The largest absolute Gasteiger partial charge is 0.291 e. The highest BCUT2D eigenvalue weighted by Crippen LogP contribution is 2.29. The molecule has 2 saturated heterocycles. The number of rotatable bonds is 2. The van der Waals surface area contributed by atoms with E-state index in [4.69, 9.17) is 0 Å². The Balaban J connectivity index is 1.80. The Bertz CT molecular complexity index is 533. The first-order valence-corrected chi connectivity index (χ1v) is 7.72. The molecule has 0 N–H and O–H groups in total. The van der Waals surface area contributed by atoms with E-state index in [1.165, 1.54) is 11.3 Å². The molecular formula is C17H22N2O2. The summed E-state index contributed by atoms with van der Waals surface area (Å²) in [4.78, 5) is 28.5. The molecule has 0 spiro atoms. The number of amides is 2. The maximum atomic E-state index is 12.7. The highest BCUT2D eigenvalue weighted by atomic mass is 16.2. The molecule has 0 aromatic heterocycles. The van der Waals surface area contributed by atoms with Crippen molar-refractivity contribution in [3.05, 3.63) is 30.3 Å². The minimum absolute atomic E-state index is 0.0625. The summed E-state index contributed by atoms with van der Waals surface area (Å²) in [5, 5.41) is 0. The van der Waals surface area contributed by atoms with Crippen molar-refractivity contribution in [3.8, 4) is 0 Å². The quantitative estimate of drug-likeness (QED) is 0.783. The second kappa shape index (κ2) is 5.60. The number of nitrogens with zero attached hydrogens (tertiary/aromatic N) is 2. The summed E-state index contributed by atoms with van der Waals surface area (Å²) in [6, 6.07) is 8.96. The van der Waals surface area contributed by atoms with Gasteiger partial charge in [0.1, 0.15) is 0 Å². The zero-order valence-corrected chi connectivity index (χ0v) is 12.7. The van der Waals surface area contributed by atoms with Gasteiger partial charge in [0.2, 0.25) is 5.91 Å². The molecule has 2 heterocycles. The fourth-order valence-corrected chi connectivity index (χ4v) is 3.72. The molecule has 1 aromatic carbocycles. The molecule has 2 amide bonds. The molecule has 0 aliphatic carbocycles. The number of anilines is 1. The van der Waals surface area contributed by atoms with Gasteiger partial charge in [-0.25, -0.2) is 4.90 Å². The first kappa shape index (κ1) is 14.3. The Morgan fingerprint density at radius 3 is 2.24 bits per heavy atom. The number of likely N-dealkylation sites (tertiary alicyclic amines) is 1. The van der Waals surface area contributed by atoms with Crippen molar-refractivity contribution in [1.82, 2.24) is 4.90 Å². The molecule has 4 nitrogen and oxygen atoms in total. The van der Waals surface area contributed by atoms with Gasteiger partial charge in [0.05, 0.1) is 18.2 Å². The van der Waals surface area contributed by atoms with E-state index in [1.54, 1.807) is 0 Å². The smallest absolute Gasteiger partial charge is 0.251 e. The third kappa shape index (κ3) is 2.72. The molecule has 2 aliphatic heterocycles. The summed E-state index contributed by atoms with van der Waals surface area (Å²) in [7, 11) is 0. The second-order valence-corrected chi connectivity index (χ2v) is 6.52. The number of imide groups is 1. The predicted octanol–water partition coefficient (Wildman–Crippen LogP) is 2.30. The molecule has 3 atom stereocenters. The zero-order valence-electron chi connectivity index (χ0n) is 12.7. The first-order valence-electron chi connectivity index (χ1n) is 7.72. The number of hydrogen-bond acceptors (Lipinski definition) is 3. The molecule has 0 bridgehead atoms. The van der Waals surface area contributed by atoms with Crippen molar-refractivity contribution in [2.24, 2.45) is 11.8 Å². The van der Waals surface area contributed by atoms with Crippen LogP contribution in [0, 0.1) is 11.8 Å². The summed E-state index contributed by atoms with van der Waals surface area (Å²) in [6.45, 7) is 6.27. The molecule has 112 valence electrons. The molecule has 1 aromatic rings. The van der Waals surface area contributed by atoms with Crippen molar-refractivity contribution in [1.29, 1.82) is 0 Å². The maximum Gasteiger partial charge on any atom is 0.251 e. The van der Waals surface area contributed by atoms with Gasteiger partial charge < -0.3 is 0 Å². The Morgan fingerprint density at radius 2 is 1.62 bits per heavy atom. The van der Waals surface area contributed by atoms with E-state index in [-0.39, 0.29) is 17.9 Å². The lowest BCUT2D eigenvalue weighted by Gasteiger charge is -2.37. The molecule has 2 aliphatic rings. The van der Waals surface area contributed by atoms with Crippen LogP contribution in [0.5, 0.6) is 0 Å². The fraction of sp³-hybridized carbons (Fsp3) is 0.529. The van der Waals surface area contributed by atoms with Gasteiger partial charge in [-0.1, -0.05) is 32.0 Å². The van der Waals surface area contributed by atoms with Crippen LogP contribution >= 0.6 is 0 Å². The molecular weight excluding hydrogens is 264 g/mol. The zero-order chi connectivity index (χ0) is 15.0. The summed E-state index contributed by atoms with van der Waals surface area (Å²) in [5.74, 6) is 1.03. The van der Waals surface area contributed by atoms with E-state index < -0.39 is 0 Å². The standard InChI is InChI=1S/C17H22N2O2/c1-12-8-13(2)11-18(10-12)15-9-16(20)19(17(15)21)14-6-4-3-5-7-14/h3-7,12-13,15H,8-11H2,1-2H3/t12-,13-,15-/m1/s1. The molecule has 21 heavy (non-hydrogen) atoms. The predicted molar refractivity (Wildman–Crippen MR) is 81.9 cm³/mol. The van der Waals surface area contributed by atoms with Crippen molar-refractivity contribution < 1.29 is 9.59 Å². The van der Waals surface area contributed by atoms with Crippen LogP contribution in [0.3, 0.4) is 0 Å². The number of para-hydroxylation sites is 1. The van der Waals surface area contributed by atoms with Crippen LogP contribution in [0.25, 0.3) is 0 Å². The Kier molecular flexibility index (Phi) is 3.81. The third-order valence-electron chi connectivity index (χ3n) is 4.48. The minimum Gasteiger partial charge on any atom is -0.291 e. The number of piperidine rings is 1. The lowest BCUT2D eigenvalue weighted by molar-refractivity contribution is -0.123. The molecule has 3 rings (SSSR count). The third-order valence-corrected chi connectivity index (χ3v) is 4.48. The molecule has 0 radical (unpaired) electrons. The number of hydrogen-bond donors (Lipinski definition) is 0. The average molecular weight is 286 g/mol. The molecule has 4 heteroatoms. The summed E-state index contributed by atoms with van der Waals surface area (Å²) < 4.78 is 0. The van der Waals surface area contributed by atoms with Crippen molar-refractivity contribution >= 4 is 17.5 Å².